The molecule has 0 spiro atoms. The van der Waals surface area contributed by atoms with E-state index in [9.17, 15) is 4.79 Å². The van der Waals surface area contributed by atoms with E-state index in [0.717, 1.165) is 39.0 Å². The van der Waals surface area contributed by atoms with E-state index in [1.165, 1.54) is 19.3 Å². The predicted octanol–water partition coefficient (Wildman–Crippen LogP) is 1.02. The van der Waals surface area contributed by atoms with Crippen LogP contribution in [0.4, 0.5) is 4.79 Å². The SMILES string of the molecule is NC1(C2CC2)CN(C(=O)N2CCCCC2)C1. The molecular weight excluding hydrogens is 202 g/mol. The van der Waals surface area contributed by atoms with Gasteiger partial charge < -0.3 is 15.5 Å². The van der Waals surface area contributed by atoms with Crippen molar-refractivity contribution in [3.63, 3.8) is 0 Å². The first-order valence-electron chi connectivity index (χ1n) is 6.52. The Hall–Kier alpha value is -0.770. The van der Waals surface area contributed by atoms with Crippen molar-refractivity contribution in [2.45, 2.75) is 37.6 Å². The van der Waals surface area contributed by atoms with Crippen molar-refractivity contribution in [1.82, 2.24) is 9.80 Å². The number of hydrogen-bond donors (Lipinski definition) is 1. The average molecular weight is 223 g/mol. The third kappa shape index (κ3) is 1.69. The van der Waals surface area contributed by atoms with E-state index in [1.54, 1.807) is 0 Å². The number of nitrogens with two attached hydrogens (primary N) is 1. The Morgan fingerprint density at radius 2 is 1.69 bits per heavy atom. The van der Waals surface area contributed by atoms with Crippen LogP contribution in [0, 0.1) is 5.92 Å². The fourth-order valence-electron chi connectivity index (χ4n) is 3.00. The highest BCUT2D eigenvalue weighted by Gasteiger charge is 2.52. The van der Waals surface area contributed by atoms with Gasteiger partial charge in [-0.05, 0) is 38.0 Å². The zero-order chi connectivity index (χ0) is 11.2. The third-order valence-electron chi connectivity index (χ3n) is 4.26. The molecule has 2 saturated heterocycles. The minimum atomic E-state index is -0.0363. The normalized spacial score (nSPS) is 28.8. The Kier molecular flexibility index (Phi) is 2.35. The van der Waals surface area contributed by atoms with Gasteiger partial charge in [0.2, 0.25) is 0 Å². The van der Waals surface area contributed by atoms with Gasteiger partial charge in [0.1, 0.15) is 0 Å². The molecule has 0 aromatic rings. The molecule has 4 heteroatoms. The fraction of sp³-hybridized carbons (Fsp3) is 0.917. The summed E-state index contributed by atoms with van der Waals surface area (Å²) in [6.07, 6.45) is 6.13. The molecule has 0 aromatic heterocycles. The number of amides is 2. The van der Waals surface area contributed by atoms with Gasteiger partial charge in [-0.2, -0.15) is 0 Å². The Morgan fingerprint density at radius 3 is 2.25 bits per heavy atom. The fourth-order valence-corrected chi connectivity index (χ4v) is 3.00. The molecule has 1 aliphatic carbocycles. The van der Waals surface area contributed by atoms with Gasteiger partial charge in [-0.3, -0.25) is 0 Å². The first-order valence-corrected chi connectivity index (χ1v) is 6.52. The lowest BCUT2D eigenvalue weighted by atomic mass is 9.86. The molecule has 16 heavy (non-hydrogen) atoms. The Labute approximate surface area is 96.8 Å². The molecule has 2 amide bonds. The van der Waals surface area contributed by atoms with Crippen LogP contribution in [0.5, 0.6) is 0 Å². The lowest BCUT2D eigenvalue weighted by molar-refractivity contribution is 0.0568. The Bertz CT molecular complexity index is 289. The first-order chi connectivity index (χ1) is 7.69. The van der Waals surface area contributed by atoms with Crippen LogP contribution < -0.4 is 5.73 Å². The van der Waals surface area contributed by atoms with Crippen molar-refractivity contribution in [3.05, 3.63) is 0 Å². The van der Waals surface area contributed by atoms with Gasteiger partial charge in [0.15, 0.2) is 0 Å². The van der Waals surface area contributed by atoms with Crippen LogP contribution in [0.15, 0.2) is 0 Å². The van der Waals surface area contributed by atoms with Crippen LogP contribution in [0.25, 0.3) is 0 Å². The molecule has 2 heterocycles. The summed E-state index contributed by atoms with van der Waals surface area (Å²) in [4.78, 5) is 16.0. The van der Waals surface area contributed by atoms with Crippen LogP contribution >= 0.6 is 0 Å². The van der Waals surface area contributed by atoms with Crippen molar-refractivity contribution >= 4 is 6.03 Å². The van der Waals surface area contributed by atoms with Crippen LogP contribution in [0.1, 0.15) is 32.1 Å². The highest BCUT2D eigenvalue weighted by molar-refractivity contribution is 5.76. The monoisotopic (exact) mass is 223 g/mol. The molecule has 4 nitrogen and oxygen atoms in total. The topological polar surface area (TPSA) is 49.6 Å². The number of likely N-dealkylation sites (tertiary alicyclic amines) is 2. The molecule has 0 radical (unpaired) electrons. The van der Waals surface area contributed by atoms with Crippen LogP contribution in [0.2, 0.25) is 0 Å². The number of carbonyl (C=O) groups is 1. The zero-order valence-corrected chi connectivity index (χ0v) is 9.82. The second kappa shape index (κ2) is 3.62. The number of carbonyl (C=O) groups excluding carboxylic acids is 1. The lowest BCUT2D eigenvalue weighted by Crippen LogP contribution is -2.71. The molecule has 1 saturated carbocycles. The maximum atomic E-state index is 12.1. The van der Waals surface area contributed by atoms with E-state index in [2.05, 4.69) is 0 Å². The van der Waals surface area contributed by atoms with E-state index >= 15 is 0 Å². The molecule has 0 aromatic carbocycles. The highest BCUT2D eigenvalue weighted by atomic mass is 16.2. The second-order valence-electron chi connectivity index (χ2n) is 5.69. The molecule has 0 bridgehead atoms. The largest absolute Gasteiger partial charge is 0.325 e. The van der Waals surface area contributed by atoms with Crippen LogP contribution in [0.3, 0.4) is 0 Å². The molecule has 3 rings (SSSR count). The van der Waals surface area contributed by atoms with Gasteiger partial charge in [-0.15, -0.1) is 0 Å². The summed E-state index contributed by atoms with van der Waals surface area (Å²) in [6.45, 7) is 3.45. The van der Waals surface area contributed by atoms with Gasteiger partial charge in [-0.1, -0.05) is 0 Å². The molecule has 2 aliphatic heterocycles. The molecule has 2 N–H and O–H groups in total. The Morgan fingerprint density at radius 1 is 1.06 bits per heavy atom. The molecular formula is C12H21N3O. The van der Waals surface area contributed by atoms with Crippen molar-refractivity contribution in [2.75, 3.05) is 26.2 Å². The number of urea groups is 1. The van der Waals surface area contributed by atoms with E-state index in [0.29, 0.717) is 5.92 Å². The quantitative estimate of drug-likeness (QED) is 0.721. The highest BCUT2D eigenvalue weighted by Crippen LogP contribution is 2.43. The van der Waals surface area contributed by atoms with Crippen molar-refractivity contribution in [2.24, 2.45) is 11.7 Å². The number of nitrogens with zero attached hydrogens (tertiary/aromatic N) is 2. The maximum Gasteiger partial charge on any atom is 0.320 e. The molecule has 0 unspecified atom stereocenters. The van der Waals surface area contributed by atoms with E-state index in [4.69, 9.17) is 5.73 Å². The first kappa shape index (κ1) is 10.4. The smallest absolute Gasteiger partial charge is 0.320 e. The van der Waals surface area contributed by atoms with E-state index in [1.807, 2.05) is 9.80 Å². The third-order valence-corrected chi connectivity index (χ3v) is 4.26. The predicted molar refractivity (Wildman–Crippen MR) is 62.0 cm³/mol. The summed E-state index contributed by atoms with van der Waals surface area (Å²) in [6, 6.07) is 0.224. The summed E-state index contributed by atoms with van der Waals surface area (Å²) < 4.78 is 0. The second-order valence-corrected chi connectivity index (χ2v) is 5.69. The molecule has 90 valence electrons. The lowest BCUT2D eigenvalue weighted by Gasteiger charge is -2.49. The van der Waals surface area contributed by atoms with Gasteiger partial charge in [0, 0.05) is 26.2 Å². The summed E-state index contributed by atoms with van der Waals surface area (Å²) in [5, 5.41) is 0. The maximum absolute atomic E-state index is 12.1. The van der Waals surface area contributed by atoms with Crippen molar-refractivity contribution < 1.29 is 4.79 Å². The minimum absolute atomic E-state index is 0.0363. The zero-order valence-electron chi connectivity index (χ0n) is 9.82. The minimum Gasteiger partial charge on any atom is -0.325 e. The van der Waals surface area contributed by atoms with E-state index < -0.39 is 0 Å². The van der Waals surface area contributed by atoms with Crippen molar-refractivity contribution in [1.29, 1.82) is 0 Å². The van der Waals surface area contributed by atoms with Gasteiger partial charge in [0.05, 0.1) is 5.54 Å². The number of rotatable bonds is 1. The summed E-state index contributed by atoms with van der Waals surface area (Å²) in [5.41, 5.74) is 6.22. The van der Waals surface area contributed by atoms with Gasteiger partial charge in [-0.25, -0.2) is 4.79 Å². The Balaban J connectivity index is 1.53. The summed E-state index contributed by atoms with van der Waals surface area (Å²) >= 11 is 0. The molecule has 0 atom stereocenters. The average Bonchev–Trinajstić information content (AvgIpc) is 3.09. The van der Waals surface area contributed by atoms with Crippen LogP contribution in [-0.4, -0.2) is 47.5 Å². The van der Waals surface area contributed by atoms with E-state index in [-0.39, 0.29) is 11.6 Å². The molecule has 3 aliphatic rings. The summed E-state index contributed by atoms with van der Waals surface area (Å²) in [5.74, 6) is 0.693. The van der Waals surface area contributed by atoms with Gasteiger partial charge >= 0.3 is 6.03 Å². The molecule has 3 fully saturated rings. The number of hydrogen-bond acceptors (Lipinski definition) is 2. The van der Waals surface area contributed by atoms with Crippen LogP contribution in [-0.2, 0) is 0 Å². The number of piperidine rings is 1. The van der Waals surface area contributed by atoms with Gasteiger partial charge in [0.25, 0.3) is 0 Å². The van der Waals surface area contributed by atoms with Crippen molar-refractivity contribution in [3.8, 4) is 0 Å². The summed E-state index contributed by atoms with van der Waals surface area (Å²) in [7, 11) is 0. The standard InChI is InChI=1S/C12H21N3O/c13-12(10-4-5-10)8-15(9-12)11(16)14-6-2-1-3-7-14/h10H,1-9,13H2.